The van der Waals surface area contributed by atoms with Gasteiger partial charge in [0.05, 0.1) is 19.1 Å². The summed E-state index contributed by atoms with van der Waals surface area (Å²) in [6.45, 7) is 6.68. The highest BCUT2D eigenvalue weighted by atomic mass is 35.5. The average molecular weight is 510 g/mol. The summed E-state index contributed by atoms with van der Waals surface area (Å²) in [6, 6.07) is 12.5. The Morgan fingerprint density at radius 2 is 1.68 bits per heavy atom. The lowest BCUT2D eigenvalue weighted by atomic mass is 10.1. The van der Waals surface area contributed by atoms with Crippen LogP contribution < -0.4 is 14.4 Å². The highest BCUT2D eigenvalue weighted by Crippen LogP contribution is 2.23. The Hall–Kier alpha value is -2.78. The van der Waals surface area contributed by atoms with Crippen molar-refractivity contribution in [2.75, 3.05) is 24.2 Å². The molecule has 0 aliphatic carbocycles. The van der Waals surface area contributed by atoms with Gasteiger partial charge in [-0.3, -0.25) is 13.9 Å². The molecule has 8 nitrogen and oxygen atoms in total. The summed E-state index contributed by atoms with van der Waals surface area (Å²) in [5.41, 5.74) is 0.441. The van der Waals surface area contributed by atoms with E-state index in [1.54, 1.807) is 55.5 Å². The number of rotatable bonds is 9. The molecule has 0 saturated heterocycles. The van der Waals surface area contributed by atoms with Gasteiger partial charge in [-0.05, 0) is 63.6 Å². The van der Waals surface area contributed by atoms with Gasteiger partial charge in [-0.2, -0.15) is 0 Å². The van der Waals surface area contributed by atoms with Gasteiger partial charge in [0.1, 0.15) is 18.3 Å². The van der Waals surface area contributed by atoms with Crippen molar-refractivity contribution in [3.63, 3.8) is 0 Å². The fourth-order valence-corrected chi connectivity index (χ4v) is 4.27. The number of nitrogens with one attached hydrogen (secondary N) is 1. The molecule has 34 heavy (non-hydrogen) atoms. The minimum absolute atomic E-state index is 0.0391. The molecule has 2 amide bonds. The van der Waals surface area contributed by atoms with Gasteiger partial charge in [-0.1, -0.05) is 29.8 Å². The molecule has 0 aliphatic heterocycles. The zero-order chi connectivity index (χ0) is 25.7. The second kappa shape index (κ2) is 11.1. The third kappa shape index (κ3) is 7.63. The van der Waals surface area contributed by atoms with E-state index < -0.39 is 34.1 Å². The van der Waals surface area contributed by atoms with Crippen LogP contribution in [0.2, 0.25) is 5.02 Å². The summed E-state index contributed by atoms with van der Waals surface area (Å²) in [6.07, 6.45) is 1.03. The number of halogens is 1. The molecule has 0 heterocycles. The maximum absolute atomic E-state index is 13.5. The maximum Gasteiger partial charge on any atom is 0.244 e. The first-order valence-electron chi connectivity index (χ1n) is 10.7. The lowest BCUT2D eigenvalue weighted by Gasteiger charge is -2.33. The first kappa shape index (κ1) is 27.5. The standard InChI is InChI=1S/C24H32ClN3O5S/c1-17(23(30)26-24(2,3)4)27(15-18-9-7-8-10-21(18)25)22(29)16-28(34(6,31)32)19-11-13-20(33-5)14-12-19/h7-14,17H,15-16H2,1-6H3,(H,26,30)/t17-/m0/s1. The normalized spacial score (nSPS) is 12.6. The Balaban J connectivity index is 2.41. The molecule has 1 atom stereocenters. The largest absolute Gasteiger partial charge is 0.497 e. The number of carbonyl (C=O) groups is 2. The van der Waals surface area contributed by atoms with Crippen LogP contribution >= 0.6 is 11.6 Å². The number of hydrogen-bond donors (Lipinski definition) is 1. The minimum atomic E-state index is -3.80. The van der Waals surface area contributed by atoms with Crippen LogP contribution in [0.25, 0.3) is 0 Å². The Bertz CT molecular complexity index is 1110. The smallest absolute Gasteiger partial charge is 0.244 e. The molecule has 2 aromatic carbocycles. The van der Waals surface area contributed by atoms with Crippen molar-refractivity contribution in [2.24, 2.45) is 0 Å². The molecular weight excluding hydrogens is 478 g/mol. The minimum Gasteiger partial charge on any atom is -0.497 e. The van der Waals surface area contributed by atoms with E-state index in [1.165, 1.54) is 12.0 Å². The molecule has 0 radical (unpaired) electrons. The summed E-state index contributed by atoms with van der Waals surface area (Å²) in [5, 5.41) is 3.31. The van der Waals surface area contributed by atoms with Crippen molar-refractivity contribution in [2.45, 2.75) is 45.8 Å². The fourth-order valence-electron chi connectivity index (χ4n) is 3.23. The molecule has 0 fully saturated rings. The van der Waals surface area contributed by atoms with Crippen molar-refractivity contribution < 1.29 is 22.7 Å². The van der Waals surface area contributed by atoms with Gasteiger partial charge in [0, 0.05) is 17.1 Å². The Kier molecular flexibility index (Phi) is 8.96. The van der Waals surface area contributed by atoms with Gasteiger partial charge in [-0.15, -0.1) is 0 Å². The molecule has 0 spiro atoms. The molecule has 2 rings (SSSR count). The number of amides is 2. The number of carbonyl (C=O) groups excluding carboxylic acids is 2. The number of ether oxygens (including phenoxy) is 1. The van der Waals surface area contributed by atoms with Gasteiger partial charge in [0.25, 0.3) is 0 Å². The van der Waals surface area contributed by atoms with Crippen LogP contribution in [0.3, 0.4) is 0 Å². The molecule has 0 aliphatic rings. The third-order valence-electron chi connectivity index (χ3n) is 5.00. The summed E-state index contributed by atoms with van der Waals surface area (Å²) < 4.78 is 31.3. The zero-order valence-corrected chi connectivity index (χ0v) is 21.9. The predicted molar refractivity (Wildman–Crippen MR) is 135 cm³/mol. The SMILES string of the molecule is COc1ccc(N(CC(=O)N(Cc2ccccc2Cl)[C@@H](C)C(=O)NC(C)(C)C)S(C)(=O)=O)cc1. The predicted octanol–water partition coefficient (Wildman–Crippen LogP) is 3.45. The van der Waals surface area contributed by atoms with Crippen LogP contribution in [-0.2, 0) is 26.2 Å². The summed E-state index contributed by atoms with van der Waals surface area (Å²) >= 11 is 6.31. The zero-order valence-electron chi connectivity index (χ0n) is 20.3. The molecular formula is C24H32ClN3O5S. The first-order valence-corrected chi connectivity index (χ1v) is 12.9. The van der Waals surface area contributed by atoms with Crippen LogP contribution in [-0.4, -0.2) is 56.6 Å². The Morgan fingerprint density at radius 1 is 1.09 bits per heavy atom. The lowest BCUT2D eigenvalue weighted by molar-refractivity contribution is -0.140. The highest BCUT2D eigenvalue weighted by Gasteiger charge is 2.31. The highest BCUT2D eigenvalue weighted by molar-refractivity contribution is 7.92. The molecule has 0 bridgehead atoms. The average Bonchev–Trinajstić information content (AvgIpc) is 2.74. The topological polar surface area (TPSA) is 96.0 Å². The number of methoxy groups -OCH3 is 1. The second-order valence-corrected chi connectivity index (χ2v) is 11.3. The van der Waals surface area contributed by atoms with Crippen LogP contribution in [0.5, 0.6) is 5.75 Å². The second-order valence-electron chi connectivity index (χ2n) is 9.00. The third-order valence-corrected chi connectivity index (χ3v) is 6.51. The molecule has 10 heteroatoms. The summed E-state index contributed by atoms with van der Waals surface area (Å²) in [5.74, 6) is -0.350. The molecule has 2 aromatic rings. The molecule has 1 N–H and O–H groups in total. The lowest BCUT2D eigenvalue weighted by Crippen LogP contribution is -2.54. The van der Waals surface area contributed by atoms with Crippen molar-refractivity contribution >= 4 is 39.1 Å². The summed E-state index contributed by atoms with van der Waals surface area (Å²) in [4.78, 5) is 27.8. The van der Waals surface area contributed by atoms with Crippen molar-refractivity contribution in [1.29, 1.82) is 0 Å². The Morgan fingerprint density at radius 3 is 2.18 bits per heavy atom. The molecule has 0 saturated carbocycles. The van der Waals surface area contributed by atoms with Gasteiger partial charge in [-0.25, -0.2) is 8.42 Å². The van der Waals surface area contributed by atoms with Gasteiger partial charge in [0.2, 0.25) is 21.8 Å². The van der Waals surface area contributed by atoms with Gasteiger partial charge in [0.15, 0.2) is 0 Å². The number of hydrogen-bond acceptors (Lipinski definition) is 5. The van der Waals surface area contributed by atoms with E-state index in [9.17, 15) is 18.0 Å². The van der Waals surface area contributed by atoms with E-state index in [-0.39, 0.29) is 12.5 Å². The quantitative estimate of drug-likeness (QED) is 0.558. The van der Waals surface area contributed by atoms with Crippen LogP contribution in [0.4, 0.5) is 5.69 Å². The van der Waals surface area contributed by atoms with E-state index in [2.05, 4.69) is 5.32 Å². The monoisotopic (exact) mass is 509 g/mol. The maximum atomic E-state index is 13.5. The Labute approximate surface area is 206 Å². The van der Waals surface area contributed by atoms with E-state index in [4.69, 9.17) is 16.3 Å². The first-order chi connectivity index (χ1) is 15.7. The molecule has 0 unspecified atom stereocenters. The van der Waals surface area contributed by atoms with E-state index in [0.717, 1.165) is 10.6 Å². The van der Waals surface area contributed by atoms with E-state index in [0.29, 0.717) is 22.0 Å². The summed E-state index contributed by atoms with van der Waals surface area (Å²) in [7, 11) is -2.30. The molecule has 186 valence electrons. The van der Waals surface area contributed by atoms with Gasteiger partial charge >= 0.3 is 0 Å². The van der Waals surface area contributed by atoms with Crippen LogP contribution in [0.1, 0.15) is 33.3 Å². The number of sulfonamides is 1. The van der Waals surface area contributed by atoms with Crippen LogP contribution in [0, 0.1) is 0 Å². The van der Waals surface area contributed by atoms with E-state index >= 15 is 0 Å². The van der Waals surface area contributed by atoms with Crippen molar-refractivity contribution in [1.82, 2.24) is 10.2 Å². The number of anilines is 1. The molecule has 0 aromatic heterocycles. The number of benzene rings is 2. The van der Waals surface area contributed by atoms with Crippen LogP contribution in [0.15, 0.2) is 48.5 Å². The van der Waals surface area contributed by atoms with Gasteiger partial charge < -0.3 is 15.0 Å². The van der Waals surface area contributed by atoms with Crippen molar-refractivity contribution in [3.05, 3.63) is 59.1 Å². The number of nitrogens with zero attached hydrogens (tertiary/aromatic N) is 2. The van der Waals surface area contributed by atoms with Crippen molar-refractivity contribution in [3.8, 4) is 5.75 Å². The fraction of sp³-hybridized carbons (Fsp3) is 0.417. The van der Waals surface area contributed by atoms with E-state index in [1.807, 2.05) is 20.8 Å².